The summed E-state index contributed by atoms with van der Waals surface area (Å²) in [6.45, 7) is 1.55. The third-order valence-electron chi connectivity index (χ3n) is 4.38. The van der Waals surface area contributed by atoms with E-state index < -0.39 is 10.8 Å². The molecule has 134 valence electrons. The van der Waals surface area contributed by atoms with E-state index in [0.29, 0.717) is 11.3 Å². The fourth-order valence-corrected chi connectivity index (χ4v) is 3.00. The lowest BCUT2D eigenvalue weighted by Crippen LogP contribution is -2.35. The molecule has 2 amide bonds. The van der Waals surface area contributed by atoms with E-state index in [0.717, 1.165) is 32.4 Å². The topological polar surface area (TPSA) is 92.6 Å². The Balaban J connectivity index is 1.70. The number of hydrogen-bond acceptors (Lipinski definition) is 4. The molecule has 0 atom stereocenters. The highest BCUT2D eigenvalue weighted by Gasteiger charge is 2.20. The minimum atomic E-state index is -0.588. The third kappa shape index (κ3) is 3.88. The lowest BCUT2D eigenvalue weighted by molar-refractivity contribution is -0.385. The number of carbonyl (C=O) groups excluding carboxylic acids is 2. The molecule has 1 heterocycles. The van der Waals surface area contributed by atoms with Crippen LogP contribution in [0.2, 0.25) is 0 Å². The highest BCUT2D eigenvalue weighted by molar-refractivity contribution is 6.07. The van der Waals surface area contributed by atoms with Gasteiger partial charge in [0.05, 0.1) is 4.92 Å². The molecule has 0 aliphatic carbocycles. The molecule has 0 aromatic heterocycles. The Morgan fingerprint density at radius 3 is 2.27 bits per heavy atom. The fraction of sp³-hybridized carbons (Fsp3) is 0.263. The number of rotatable bonds is 4. The molecule has 0 unspecified atom stereocenters. The standard InChI is InChI=1S/C19H19N3O4/c23-18(16-6-2-3-7-17(16)22(25)26)20-15-10-8-14(9-11-15)19(24)21-12-4-1-5-13-21/h2-3,6-11H,1,4-5,12-13H2,(H,20,23). The molecule has 1 N–H and O–H groups in total. The smallest absolute Gasteiger partial charge is 0.282 e. The quantitative estimate of drug-likeness (QED) is 0.673. The first-order valence-corrected chi connectivity index (χ1v) is 8.50. The predicted octanol–water partition coefficient (Wildman–Crippen LogP) is 3.47. The number of hydrogen-bond donors (Lipinski definition) is 1. The van der Waals surface area contributed by atoms with Gasteiger partial charge in [-0.25, -0.2) is 0 Å². The third-order valence-corrected chi connectivity index (χ3v) is 4.38. The van der Waals surface area contributed by atoms with Crippen molar-refractivity contribution in [2.75, 3.05) is 18.4 Å². The summed E-state index contributed by atoms with van der Waals surface area (Å²) in [5, 5.41) is 13.7. The van der Waals surface area contributed by atoms with Crippen LogP contribution in [0.4, 0.5) is 11.4 Å². The summed E-state index contributed by atoms with van der Waals surface area (Å²) >= 11 is 0. The van der Waals surface area contributed by atoms with Gasteiger partial charge < -0.3 is 10.2 Å². The van der Waals surface area contributed by atoms with Gasteiger partial charge in [-0.3, -0.25) is 19.7 Å². The maximum atomic E-state index is 12.4. The molecular formula is C19H19N3O4. The molecule has 1 saturated heterocycles. The van der Waals surface area contributed by atoms with Crippen LogP contribution in [-0.4, -0.2) is 34.7 Å². The van der Waals surface area contributed by atoms with Crippen LogP contribution in [0, 0.1) is 10.1 Å². The zero-order valence-electron chi connectivity index (χ0n) is 14.2. The molecule has 0 spiro atoms. The zero-order valence-corrected chi connectivity index (χ0v) is 14.2. The van der Waals surface area contributed by atoms with Crippen LogP contribution in [0.15, 0.2) is 48.5 Å². The second-order valence-corrected chi connectivity index (χ2v) is 6.16. The van der Waals surface area contributed by atoms with Gasteiger partial charge in [0.2, 0.25) is 0 Å². The number of likely N-dealkylation sites (tertiary alicyclic amines) is 1. The monoisotopic (exact) mass is 353 g/mol. The van der Waals surface area contributed by atoms with E-state index >= 15 is 0 Å². The highest BCUT2D eigenvalue weighted by atomic mass is 16.6. The molecule has 1 aliphatic heterocycles. The first-order valence-electron chi connectivity index (χ1n) is 8.50. The summed E-state index contributed by atoms with van der Waals surface area (Å²) in [7, 11) is 0. The minimum absolute atomic E-state index is 0.00836. The molecule has 7 nitrogen and oxygen atoms in total. The van der Waals surface area contributed by atoms with E-state index in [1.54, 1.807) is 30.3 Å². The van der Waals surface area contributed by atoms with Crippen LogP contribution < -0.4 is 5.32 Å². The molecule has 0 bridgehead atoms. The Kier molecular flexibility index (Phi) is 5.26. The van der Waals surface area contributed by atoms with Crippen molar-refractivity contribution in [3.8, 4) is 0 Å². The van der Waals surface area contributed by atoms with Crippen molar-refractivity contribution in [2.45, 2.75) is 19.3 Å². The number of anilines is 1. The molecule has 7 heteroatoms. The Hall–Kier alpha value is -3.22. The average molecular weight is 353 g/mol. The van der Waals surface area contributed by atoms with Gasteiger partial charge in [-0.1, -0.05) is 12.1 Å². The number of nitro groups is 1. The van der Waals surface area contributed by atoms with Gasteiger partial charge in [-0.05, 0) is 49.6 Å². The van der Waals surface area contributed by atoms with Gasteiger partial charge in [0, 0.05) is 30.4 Å². The second-order valence-electron chi connectivity index (χ2n) is 6.16. The molecule has 1 fully saturated rings. The van der Waals surface area contributed by atoms with Crippen LogP contribution >= 0.6 is 0 Å². The van der Waals surface area contributed by atoms with Crippen molar-refractivity contribution in [2.24, 2.45) is 0 Å². The van der Waals surface area contributed by atoms with E-state index in [1.165, 1.54) is 18.2 Å². The largest absolute Gasteiger partial charge is 0.339 e. The van der Waals surface area contributed by atoms with Crippen molar-refractivity contribution in [3.05, 3.63) is 69.8 Å². The molecule has 0 radical (unpaired) electrons. The van der Waals surface area contributed by atoms with Crippen molar-refractivity contribution < 1.29 is 14.5 Å². The predicted molar refractivity (Wildman–Crippen MR) is 97.2 cm³/mol. The number of nitro benzene ring substituents is 1. The molecule has 0 saturated carbocycles. The van der Waals surface area contributed by atoms with Gasteiger partial charge in [0.25, 0.3) is 17.5 Å². The van der Waals surface area contributed by atoms with Crippen LogP contribution in [0.3, 0.4) is 0 Å². The average Bonchev–Trinajstić information content (AvgIpc) is 2.68. The second kappa shape index (κ2) is 7.77. The summed E-state index contributed by atoms with van der Waals surface area (Å²) in [4.78, 5) is 37.0. The van der Waals surface area contributed by atoms with Crippen LogP contribution in [-0.2, 0) is 0 Å². The van der Waals surface area contributed by atoms with Crippen molar-refractivity contribution in [1.82, 2.24) is 4.90 Å². The Bertz CT molecular complexity index is 827. The van der Waals surface area contributed by atoms with Gasteiger partial charge in [-0.15, -0.1) is 0 Å². The number of benzene rings is 2. The van der Waals surface area contributed by atoms with Crippen LogP contribution in [0.25, 0.3) is 0 Å². The molecular weight excluding hydrogens is 334 g/mol. The zero-order chi connectivity index (χ0) is 18.5. The lowest BCUT2D eigenvalue weighted by atomic mass is 10.1. The van der Waals surface area contributed by atoms with Gasteiger partial charge in [0.15, 0.2) is 0 Å². The summed E-state index contributed by atoms with van der Waals surface area (Å²) in [5.74, 6) is -0.575. The van der Waals surface area contributed by atoms with Crippen molar-refractivity contribution >= 4 is 23.2 Å². The van der Waals surface area contributed by atoms with Crippen LogP contribution in [0.5, 0.6) is 0 Å². The number of para-hydroxylation sites is 1. The summed E-state index contributed by atoms with van der Waals surface area (Å²) < 4.78 is 0. The molecule has 2 aromatic rings. The highest BCUT2D eigenvalue weighted by Crippen LogP contribution is 2.20. The van der Waals surface area contributed by atoms with Crippen molar-refractivity contribution in [3.63, 3.8) is 0 Å². The fourth-order valence-electron chi connectivity index (χ4n) is 3.00. The lowest BCUT2D eigenvalue weighted by Gasteiger charge is -2.26. The summed E-state index contributed by atoms with van der Waals surface area (Å²) in [6, 6.07) is 12.3. The summed E-state index contributed by atoms with van der Waals surface area (Å²) in [6.07, 6.45) is 3.20. The maximum absolute atomic E-state index is 12.4. The molecule has 26 heavy (non-hydrogen) atoms. The first kappa shape index (κ1) is 17.6. The van der Waals surface area contributed by atoms with E-state index in [4.69, 9.17) is 0 Å². The Morgan fingerprint density at radius 2 is 1.62 bits per heavy atom. The number of nitrogens with zero attached hydrogens (tertiary/aromatic N) is 2. The first-order chi connectivity index (χ1) is 12.6. The van der Waals surface area contributed by atoms with E-state index in [1.807, 2.05) is 4.90 Å². The van der Waals surface area contributed by atoms with E-state index in [-0.39, 0.29) is 17.2 Å². The SMILES string of the molecule is O=C(Nc1ccc(C(=O)N2CCCCC2)cc1)c1ccccc1[N+](=O)[O-]. The molecule has 2 aromatic carbocycles. The number of carbonyl (C=O) groups is 2. The van der Waals surface area contributed by atoms with Gasteiger partial charge >= 0.3 is 0 Å². The van der Waals surface area contributed by atoms with Crippen molar-refractivity contribution in [1.29, 1.82) is 0 Å². The number of nitrogens with one attached hydrogen (secondary N) is 1. The summed E-state index contributed by atoms with van der Waals surface area (Å²) in [5.41, 5.74) is 0.784. The minimum Gasteiger partial charge on any atom is -0.339 e. The van der Waals surface area contributed by atoms with Crippen LogP contribution in [0.1, 0.15) is 40.0 Å². The normalized spacial score (nSPS) is 13.9. The molecule has 3 rings (SSSR count). The Morgan fingerprint density at radius 1 is 0.962 bits per heavy atom. The number of piperidine rings is 1. The van der Waals surface area contributed by atoms with Gasteiger partial charge in [0.1, 0.15) is 5.56 Å². The van der Waals surface area contributed by atoms with E-state index in [9.17, 15) is 19.7 Å². The van der Waals surface area contributed by atoms with Gasteiger partial charge in [-0.2, -0.15) is 0 Å². The Labute approximate surface area is 150 Å². The maximum Gasteiger partial charge on any atom is 0.282 e. The molecule has 1 aliphatic rings. The van der Waals surface area contributed by atoms with E-state index in [2.05, 4.69) is 5.32 Å². The number of amides is 2.